The number of nitrogens with zero attached hydrogens (tertiary/aromatic N) is 1. The van der Waals surface area contributed by atoms with Crippen molar-refractivity contribution in [2.24, 2.45) is 0 Å². The van der Waals surface area contributed by atoms with Gasteiger partial charge in [0, 0.05) is 41.5 Å². The first-order chi connectivity index (χ1) is 17.0. The molecule has 176 valence electrons. The molecule has 35 heavy (non-hydrogen) atoms. The molecule has 3 heterocycles. The molecule has 0 radical (unpaired) electrons. The molecule has 0 saturated carbocycles. The van der Waals surface area contributed by atoms with Crippen LogP contribution in [0.1, 0.15) is 55.9 Å². The Balaban J connectivity index is 1.47. The zero-order valence-corrected chi connectivity index (χ0v) is 19.4. The predicted octanol–water partition coefficient (Wildman–Crippen LogP) is 5.12. The van der Waals surface area contributed by atoms with E-state index in [0.29, 0.717) is 43.6 Å². The predicted molar refractivity (Wildman–Crippen MR) is 131 cm³/mol. The lowest BCUT2D eigenvalue weighted by Crippen LogP contribution is -2.40. The SMILES string of the molecule is Cc1c(C(=O)c2ccc3c(c2F)C(=O)OC32CCNCC2)c2ccccc2n1Cc1ccccc1. The van der Waals surface area contributed by atoms with Gasteiger partial charge in [0.1, 0.15) is 17.0 Å². The number of halogens is 1. The van der Waals surface area contributed by atoms with Gasteiger partial charge in [-0.15, -0.1) is 0 Å². The number of esters is 1. The fourth-order valence-corrected chi connectivity index (χ4v) is 5.64. The topological polar surface area (TPSA) is 60.3 Å². The normalized spacial score (nSPS) is 16.5. The van der Waals surface area contributed by atoms with E-state index < -0.39 is 23.2 Å². The molecule has 4 aromatic rings. The van der Waals surface area contributed by atoms with Crippen LogP contribution in [0, 0.1) is 12.7 Å². The minimum Gasteiger partial charge on any atom is -0.450 e. The van der Waals surface area contributed by atoms with Gasteiger partial charge in [0.25, 0.3) is 0 Å². The summed E-state index contributed by atoms with van der Waals surface area (Å²) in [6, 6.07) is 20.9. The van der Waals surface area contributed by atoms with E-state index in [0.717, 1.165) is 22.2 Å². The zero-order chi connectivity index (χ0) is 24.2. The Morgan fingerprint density at radius 3 is 2.51 bits per heavy atom. The summed E-state index contributed by atoms with van der Waals surface area (Å²) in [6.07, 6.45) is 1.18. The van der Waals surface area contributed by atoms with Crippen LogP contribution in [0.4, 0.5) is 4.39 Å². The number of carbonyl (C=O) groups is 2. The van der Waals surface area contributed by atoms with Gasteiger partial charge in [-0.05, 0) is 37.7 Å². The first-order valence-electron chi connectivity index (χ1n) is 11.9. The summed E-state index contributed by atoms with van der Waals surface area (Å²) in [5.74, 6) is -1.89. The fourth-order valence-electron chi connectivity index (χ4n) is 5.64. The molecule has 1 fully saturated rings. The molecule has 5 nitrogen and oxygen atoms in total. The maximum absolute atomic E-state index is 15.8. The van der Waals surface area contributed by atoms with E-state index in [4.69, 9.17) is 4.74 Å². The zero-order valence-electron chi connectivity index (χ0n) is 19.4. The molecule has 1 N–H and O–H groups in total. The van der Waals surface area contributed by atoms with Crippen LogP contribution >= 0.6 is 0 Å². The maximum Gasteiger partial charge on any atom is 0.342 e. The average molecular weight is 469 g/mol. The van der Waals surface area contributed by atoms with Crippen LogP contribution in [0.25, 0.3) is 10.9 Å². The van der Waals surface area contributed by atoms with Gasteiger partial charge in [0.05, 0.1) is 11.1 Å². The number of carbonyl (C=O) groups excluding carboxylic acids is 2. The molecular weight excluding hydrogens is 443 g/mol. The Labute approximate surface area is 202 Å². The van der Waals surface area contributed by atoms with Crippen molar-refractivity contribution in [2.45, 2.75) is 31.9 Å². The molecule has 2 aliphatic rings. The number of para-hydroxylation sites is 1. The number of hydrogen-bond donors (Lipinski definition) is 1. The highest BCUT2D eigenvalue weighted by Crippen LogP contribution is 2.44. The van der Waals surface area contributed by atoms with Crippen molar-refractivity contribution in [2.75, 3.05) is 13.1 Å². The third-order valence-electron chi connectivity index (χ3n) is 7.42. The van der Waals surface area contributed by atoms with Crippen molar-refractivity contribution in [1.29, 1.82) is 0 Å². The lowest BCUT2D eigenvalue weighted by Gasteiger charge is -2.33. The van der Waals surface area contributed by atoms with E-state index in [-0.39, 0.29) is 11.1 Å². The largest absolute Gasteiger partial charge is 0.450 e. The third kappa shape index (κ3) is 3.32. The van der Waals surface area contributed by atoms with E-state index in [9.17, 15) is 9.59 Å². The smallest absolute Gasteiger partial charge is 0.342 e. The van der Waals surface area contributed by atoms with Gasteiger partial charge in [-0.1, -0.05) is 54.6 Å². The second-order valence-electron chi connectivity index (χ2n) is 9.36. The molecule has 0 unspecified atom stereocenters. The second-order valence-corrected chi connectivity index (χ2v) is 9.36. The monoisotopic (exact) mass is 468 g/mol. The van der Waals surface area contributed by atoms with Gasteiger partial charge in [-0.25, -0.2) is 9.18 Å². The highest BCUT2D eigenvalue weighted by Gasteiger charge is 2.48. The number of ketones is 1. The summed E-state index contributed by atoms with van der Waals surface area (Å²) in [7, 11) is 0. The molecule has 6 heteroatoms. The van der Waals surface area contributed by atoms with Crippen molar-refractivity contribution in [3.05, 3.63) is 106 Å². The van der Waals surface area contributed by atoms with Crippen LogP contribution in [0.15, 0.2) is 66.7 Å². The lowest BCUT2D eigenvalue weighted by atomic mass is 9.83. The van der Waals surface area contributed by atoms with Gasteiger partial charge in [-0.2, -0.15) is 0 Å². The van der Waals surface area contributed by atoms with E-state index in [1.165, 1.54) is 6.07 Å². The number of nitrogens with one attached hydrogen (secondary N) is 1. The second kappa shape index (κ2) is 8.17. The van der Waals surface area contributed by atoms with Crippen molar-refractivity contribution in [3.63, 3.8) is 0 Å². The van der Waals surface area contributed by atoms with Gasteiger partial charge >= 0.3 is 5.97 Å². The van der Waals surface area contributed by atoms with Crippen LogP contribution < -0.4 is 5.32 Å². The number of ether oxygens (including phenoxy) is 1. The standard InChI is InChI=1S/C29H25FN2O3/c1-18-24(20-9-5-6-10-23(20)32(18)17-19-7-3-2-4-8-19)27(33)21-11-12-22-25(26(21)30)28(34)35-29(22)13-15-31-16-14-29/h2-12,31H,13-17H2,1H3. The highest BCUT2D eigenvalue weighted by atomic mass is 19.1. The molecule has 1 aromatic heterocycles. The van der Waals surface area contributed by atoms with Crippen LogP contribution in [0.5, 0.6) is 0 Å². The van der Waals surface area contributed by atoms with Gasteiger partial charge in [0.15, 0.2) is 5.78 Å². The number of piperidine rings is 1. The van der Waals surface area contributed by atoms with Gasteiger partial charge in [0.2, 0.25) is 0 Å². The molecular formula is C29H25FN2O3. The van der Waals surface area contributed by atoms with Crippen molar-refractivity contribution in [1.82, 2.24) is 9.88 Å². The molecule has 1 spiro atoms. The molecule has 6 rings (SSSR count). The molecule has 0 aliphatic carbocycles. The summed E-state index contributed by atoms with van der Waals surface area (Å²) in [5, 5.41) is 4.02. The Bertz CT molecular complexity index is 1480. The summed E-state index contributed by atoms with van der Waals surface area (Å²) in [4.78, 5) is 26.6. The van der Waals surface area contributed by atoms with Crippen LogP contribution in [-0.4, -0.2) is 29.4 Å². The van der Waals surface area contributed by atoms with Crippen LogP contribution in [0.3, 0.4) is 0 Å². The summed E-state index contributed by atoms with van der Waals surface area (Å²) < 4.78 is 23.6. The van der Waals surface area contributed by atoms with E-state index in [1.807, 2.05) is 61.5 Å². The first kappa shape index (κ1) is 21.7. The molecule has 0 amide bonds. The molecule has 0 atom stereocenters. The Hall–Kier alpha value is -3.77. The van der Waals surface area contributed by atoms with Gasteiger partial charge < -0.3 is 14.6 Å². The quantitative estimate of drug-likeness (QED) is 0.334. The summed E-state index contributed by atoms with van der Waals surface area (Å²) in [5.41, 5.74) is 2.79. The van der Waals surface area contributed by atoms with Crippen LogP contribution in [-0.2, 0) is 16.9 Å². The Morgan fingerprint density at radius 2 is 1.74 bits per heavy atom. The summed E-state index contributed by atoms with van der Waals surface area (Å²) >= 11 is 0. The molecule has 1 saturated heterocycles. The number of rotatable bonds is 4. The van der Waals surface area contributed by atoms with Crippen molar-refractivity contribution >= 4 is 22.7 Å². The number of benzene rings is 3. The van der Waals surface area contributed by atoms with Crippen LogP contribution in [0.2, 0.25) is 0 Å². The van der Waals surface area contributed by atoms with E-state index >= 15 is 4.39 Å². The maximum atomic E-state index is 15.8. The Morgan fingerprint density at radius 1 is 1.03 bits per heavy atom. The fraction of sp³-hybridized carbons (Fsp3) is 0.241. The van der Waals surface area contributed by atoms with E-state index in [2.05, 4.69) is 9.88 Å². The van der Waals surface area contributed by atoms with Crippen molar-refractivity contribution < 1.29 is 18.7 Å². The first-order valence-corrected chi connectivity index (χ1v) is 11.9. The molecule has 3 aromatic carbocycles. The molecule has 2 aliphatic heterocycles. The molecule has 0 bridgehead atoms. The van der Waals surface area contributed by atoms with E-state index in [1.54, 1.807) is 6.07 Å². The average Bonchev–Trinajstić information content (AvgIpc) is 3.31. The minimum atomic E-state index is -0.804. The number of aromatic nitrogens is 1. The number of fused-ring (bicyclic) bond motifs is 3. The summed E-state index contributed by atoms with van der Waals surface area (Å²) in [6.45, 7) is 3.86. The van der Waals surface area contributed by atoms with Crippen molar-refractivity contribution in [3.8, 4) is 0 Å². The highest BCUT2D eigenvalue weighted by molar-refractivity contribution is 6.18. The number of hydrogen-bond acceptors (Lipinski definition) is 4. The third-order valence-corrected chi connectivity index (χ3v) is 7.42. The van der Waals surface area contributed by atoms with Gasteiger partial charge in [-0.3, -0.25) is 4.79 Å². The Kier molecular flexibility index (Phi) is 5.07. The minimum absolute atomic E-state index is 0.0940. The lowest BCUT2D eigenvalue weighted by molar-refractivity contribution is -0.0242.